The minimum Gasteiger partial charge on any atom is -0.477 e. The zero-order chi connectivity index (χ0) is 14.9. The summed E-state index contributed by atoms with van der Waals surface area (Å²) in [4.78, 5) is 10.9. The highest BCUT2D eigenvalue weighted by molar-refractivity contribution is 6.30. The molecule has 0 saturated carbocycles. The van der Waals surface area contributed by atoms with Crippen LogP contribution in [0.1, 0.15) is 6.92 Å². The Morgan fingerprint density at radius 2 is 1.95 bits per heavy atom. The smallest absolute Gasteiger partial charge is 0.353 e. The summed E-state index contributed by atoms with van der Waals surface area (Å²) in [6.07, 6.45) is 1.55. The molecule has 0 amide bonds. The minimum absolute atomic E-state index is 0.259. The molecule has 5 N–H and O–H groups in total. The number of aromatic nitrogens is 2. The number of carbonyl (C=O) groups is 1. The molecule has 1 aromatic carbocycles. The number of benzene rings is 1. The van der Waals surface area contributed by atoms with E-state index in [1.165, 1.54) is 4.68 Å². The number of rotatable bonds is 3. The van der Waals surface area contributed by atoms with Gasteiger partial charge in [-0.2, -0.15) is 5.10 Å². The van der Waals surface area contributed by atoms with E-state index in [0.717, 1.165) is 5.56 Å². The molecule has 0 saturated heterocycles. The Morgan fingerprint density at radius 3 is 2.50 bits per heavy atom. The van der Waals surface area contributed by atoms with Crippen LogP contribution < -0.4 is 11.5 Å². The van der Waals surface area contributed by atoms with Crippen LogP contribution in [-0.2, 0) is 4.79 Å². The zero-order valence-corrected chi connectivity index (χ0v) is 11.4. The number of nitrogen functional groups attached to an aromatic ring is 1. The lowest BCUT2D eigenvalue weighted by Gasteiger charge is -2.07. The molecular weight excluding hydrogens is 280 g/mol. The van der Waals surface area contributed by atoms with Crippen LogP contribution in [0.15, 0.2) is 36.2 Å². The van der Waals surface area contributed by atoms with Crippen molar-refractivity contribution >= 4 is 29.1 Å². The van der Waals surface area contributed by atoms with Gasteiger partial charge in [0, 0.05) is 10.6 Å². The molecular formula is C13H13ClN4O2. The Kier molecular flexibility index (Phi) is 3.67. The topological polar surface area (TPSA) is 107 Å². The van der Waals surface area contributed by atoms with Crippen molar-refractivity contribution in [1.82, 2.24) is 9.78 Å². The third kappa shape index (κ3) is 2.46. The number of nitrogens with zero attached hydrogens (tertiary/aromatic N) is 2. The van der Waals surface area contributed by atoms with E-state index in [-0.39, 0.29) is 11.4 Å². The van der Waals surface area contributed by atoms with Gasteiger partial charge in [-0.25, -0.2) is 9.48 Å². The Bertz CT molecular complexity index is 689. The number of allylic oxidation sites excluding steroid dienone is 1. The molecule has 7 heteroatoms. The first-order valence-corrected chi connectivity index (χ1v) is 6.09. The summed E-state index contributed by atoms with van der Waals surface area (Å²) in [5.41, 5.74) is 12.9. The summed E-state index contributed by atoms with van der Waals surface area (Å²) in [7, 11) is 0. The van der Waals surface area contributed by atoms with E-state index in [1.54, 1.807) is 37.4 Å². The predicted molar refractivity (Wildman–Crippen MR) is 77.8 cm³/mol. The molecule has 0 unspecified atom stereocenters. The Balaban J connectivity index is 2.49. The van der Waals surface area contributed by atoms with Gasteiger partial charge in [-0.3, -0.25) is 0 Å². The van der Waals surface area contributed by atoms with Gasteiger partial charge < -0.3 is 16.6 Å². The van der Waals surface area contributed by atoms with Gasteiger partial charge in [0.1, 0.15) is 11.5 Å². The number of carboxylic acids is 1. The van der Waals surface area contributed by atoms with Crippen LogP contribution in [0.2, 0.25) is 5.02 Å². The first kappa shape index (κ1) is 14.0. The molecule has 1 aromatic heterocycles. The van der Waals surface area contributed by atoms with Crippen LogP contribution >= 0.6 is 11.6 Å². The Labute approximate surface area is 120 Å². The number of hydrogen-bond acceptors (Lipinski definition) is 4. The van der Waals surface area contributed by atoms with E-state index in [9.17, 15) is 4.79 Å². The largest absolute Gasteiger partial charge is 0.477 e. The number of halogens is 1. The van der Waals surface area contributed by atoms with Crippen molar-refractivity contribution in [2.45, 2.75) is 6.92 Å². The van der Waals surface area contributed by atoms with E-state index in [0.29, 0.717) is 16.4 Å². The SMILES string of the molecule is C/C(=C(/N)C(=O)O)n1ncc(-c2ccc(Cl)cc2)c1N. The first-order valence-electron chi connectivity index (χ1n) is 5.71. The molecule has 0 bridgehead atoms. The van der Waals surface area contributed by atoms with Crippen LogP contribution in [-0.4, -0.2) is 20.9 Å². The highest BCUT2D eigenvalue weighted by atomic mass is 35.5. The average Bonchev–Trinajstić information content (AvgIpc) is 2.80. The molecule has 104 valence electrons. The summed E-state index contributed by atoms with van der Waals surface area (Å²) < 4.78 is 1.30. The van der Waals surface area contributed by atoms with Crippen molar-refractivity contribution in [3.05, 3.63) is 41.2 Å². The van der Waals surface area contributed by atoms with Gasteiger partial charge >= 0.3 is 5.97 Å². The fraction of sp³-hybridized carbons (Fsp3) is 0.0769. The van der Waals surface area contributed by atoms with Crippen molar-refractivity contribution in [2.75, 3.05) is 5.73 Å². The standard InChI is InChI=1S/C13H13ClN4O2/c1-7(11(15)13(19)20)18-12(16)10(6-17-18)8-2-4-9(14)5-3-8/h2-6H,15-16H2,1H3,(H,19,20)/b11-7-. The number of carboxylic acid groups (broad SMARTS) is 1. The highest BCUT2D eigenvalue weighted by Gasteiger charge is 2.15. The van der Waals surface area contributed by atoms with Crippen molar-refractivity contribution < 1.29 is 9.90 Å². The molecule has 2 aromatic rings. The summed E-state index contributed by atoms with van der Waals surface area (Å²) in [6, 6.07) is 7.09. The van der Waals surface area contributed by atoms with Crippen molar-refractivity contribution in [1.29, 1.82) is 0 Å². The lowest BCUT2D eigenvalue weighted by atomic mass is 10.1. The average molecular weight is 293 g/mol. The molecule has 0 atom stereocenters. The van der Waals surface area contributed by atoms with E-state index >= 15 is 0 Å². The van der Waals surface area contributed by atoms with Crippen molar-refractivity contribution in [3.8, 4) is 11.1 Å². The lowest BCUT2D eigenvalue weighted by Crippen LogP contribution is -2.16. The maximum atomic E-state index is 10.9. The van der Waals surface area contributed by atoms with Gasteiger partial charge in [-0.05, 0) is 24.6 Å². The summed E-state index contributed by atoms with van der Waals surface area (Å²) >= 11 is 5.83. The van der Waals surface area contributed by atoms with Gasteiger partial charge in [0.2, 0.25) is 0 Å². The Hall–Kier alpha value is -2.47. The molecule has 2 rings (SSSR count). The van der Waals surface area contributed by atoms with Gasteiger partial charge in [-0.1, -0.05) is 23.7 Å². The summed E-state index contributed by atoms with van der Waals surface area (Å²) in [6.45, 7) is 1.54. The van der Waals surface area contributed by atoms with Crippen molar-refractivity contribution in [2.24, 2.45) is 5.73 Å². The normalized spacial score (nSPS) is 12.1. The summed E-state index contributed by atoms with van der Waals surface area (Å²) in [5.74, 6) is -0.903. The molecule has 20 heavy (non-hydrogen) atoms. The third-order valence-corrected chi connectivity index (χ3v) is 3.15. The predicted octanol–water partition coefficient (Wildman–Crippen LogP) is 2.02. The fourth-order valence-corrected chi connectivity index (χ4v) is 1.87. The second kappa shape index (κ2) is 5.26. The molecule has 0 fully saturated rings. The number of hydrogen-bond donors (Lipinski definition) is 3. The molecule has 0 aliphatic rings. The van der Waals surface area contributed by atoms with E-state index < -0.39 is 5.97 Å². The van der Waals surface area contributed by atoms with Crippen LogP contribution in [0.3, 0.4) is 0 Å². The van der Waals surface area contributed by atoms with E-state index in [2.05, 4.69) is 5.10 Å². The number of nitrogens with two attached hydrogens (primary N) is 2. The van der Waals surface area contributed by atoms with Crippen molar-refractivity contribution in [3.63, 3.8) is 0 Å². The maximum Gasteiger partial charge on any atom is 0.353 e. The van der Waals surface area contributed by atoms with Gasteiger partial charge in [-0.15, -0.1) is 0 Å². The second-order valence-electron chi connectivity index (χ2n) is 4.17. The first-order chi connectivity index (χ1) is 9.41. The summed E-state index contributed by atoms with van der Waals surface area (Å²) in [5, 5.41) is 13.6. The van der Waals surface area contributed by atoms with Crippen LogP contribution in [0.5, 0.6) is 0 Å². The van der Waals surface area contributed by atoms with Crippen LogP contribution in [0.25, 0.3) is 16.8 Å². The molecule has 0 spiro atoms. The third-order valence-electron chi connectivity index (χ3n) is 2.90. The molecule has 1 heterocycles. The Morgan fingerprint density at radius 1 is 1.35 bits per heavy atom. The number of anilines is 1. The lowest BCUT2D eigenvalue weighted by molar-refractivity contribution is -0.132. The highest BCUT2D eigenvalue weighted by Crippen LogP contribution is 2.28. The molecule has 0 aliphatic heterocycles. The quantitative estimate of drug-likeness (QED) is 0.750. The van der Waals surface area contributed by atoms with Crippen LogP contribution in [0, 0.1) is 0 Å². The monoisotopic (exact) mass is 292 g/mol. The molecule has 0 aliphatic carbocycles. The molecule has 0 radical (unpaired) electrons. The zero-order valence-electron chi connectivity index (χ0n) is 10.7. The van der Waals surface area contributed by atoms with E-state index in [4.69, 9.17) is 28.2 Å². The van der Waals surface area contributed by atoms with Gasteiger partial charge in [0.15, 0.2) is 0 Å². The minimum atomic E-state index is -1.22. The fourth-order valence-electron chi connectivity index (χ4n) is 1.75. The molecule has 6 nitrogen and oxygen atoms in total. The maximum absolute atomic E-state index is 10.9. The van der Waals surface area contributed by atoms with E-state index in [1.807, 2.05) is 0 Å². The second-order valence-corrected chi connectivity index (χ2v) is 4.60. The number of aliphatic carboxylic acids is 1. The van der Waals surface area contributed by atoms with Gasteiger partial charge in [0.05, 0.1) is 11.9 Å². The van der Waals surface area contributed by atoms with Gasteiger partial charge in [0.25, 0.3) is 0 Å². The van der Waals surface area contributed by atoms with Crippen LogP contribution in [0.4, 0.5) is 5.82 Å².